The average molecular weight is 438 g/mol. The van der Waals surface area contributed by atoms with Crippen molar-refractivity contribution in [1.29, 1.82) is 0 Å². The summed E-state index contributed by atoms with van der Waals surface area (Å²) < 4.78 is 51.7. The van der Waals surface area contributed by atoms with Crippen molar-refractivity contribution in [3.05, 3.63) is 52.9 Å². The van der Waals surface area contributed by atoms with E-state index in [-0.39, 0.29) is 10.7 Å². The van der Waals surface area contributed by atoms with Crippen molar-refractivity contribution in [3.63, 3.8) is 0 Å². The minimum Gasteiger partial charge on any atom is -0.356 e. The van der Waals surface area contributed by atoms with Gasteiger partial charge in [-0.1, -0.05) is 12.1 Å². The van der Waals surface area contributed by atoms with Gasteiger partial charge in [0.1, 0.15) is 22.8 Å². The van der Waals surface area contributed by atoms with Crippen LogP contribution in [-0.4, -0.2) is 35.3 Å². The van der Waals surface area contributed by atoms with E-state index in [1.807, 2.05) is 6.07 Å². The van der Waals surface area contributed by atoms with Crippen LogP contribution in [0.4, 0.5) is 23.4 Å². The van der Waals surface area contributed by atoms with E-state index in [1.165, 1.54) is 18.5 Å². The zero-order valence-corrected chi connectivity index (χ0v) is 17.1. The first-order valence-corrected chi connectivity index (χ1v) is 10.7. The molecule has 4 nitrogen and oxygen atoms in total. The van der Waals surface area contributed by atoms with Crippen LogP contribution in [-0.2, 0) is 13.0 Å². The van der Waals surface area contributed by atoms with Crippen LogP contribution < -0.4 is 10.2 Å². The number of alkyl halides is 3. The van der Waals surface area contributed by atoms with Gasteiger partial charge < -0.3 is 10.2 Å². The number of benzene rings is 1. The standard InChI is InChI=1S/C21H22F4N4S/c22-15-4-1-3-14(9-15)12-26-16-5-2-7-29(8-6-16)19-18-10-17(11-21(23,24)25)30-20(18)28-13-27-19/h1,3-4,9-10,13,16,26H,2,5-8,11-12H2. The molecule has 0 bridgehead atoms. The lowest BCUT2D eigenvalue weighted by Gasteiger charge is -2.22. The van der Waals surface area contributed by atoms with Gasteiger partial charge in [0.25, 0.3) is 0 Å². The number of rotatable bonds is 5. The smallest absolute Gasteiger partial charge is 0.356 e. The van der Waals surface area contributed by atoms with Crippen molar-refractivity contribution >= 4 is 27.4 Å². The predicted molar refractivity (Wildman–Crippen MR) is 110 cm³/mol. The van der Waals surface area contributed by atoms with Gasteiger partial charge in [0.05, 0.1) is 11.8 Å². The summed E-state index contributed by atoms with van der Waals surface area (Å²) in [6.07, 6.45) is -0.970. The summed E-state index contributed by atoms with van der Waals surface area (Å²) in [7, 11) is 0. The van der Waals surface area contributed by atoms with Crippen LogP contribution in [0.3, 0.4) is 0 Å². The molecular weight excluding hydrogens is 416 g/mol. The monoisotopic (exact) mass is 438 g/mol. The Labute approximate surface area is 176 Å². The molecule has 4 rings (SSSR count). The maximum atomic E-state index is 13.3. The molecule has 1 aliphatic heterocycles. The Hall–Kier alpha value is -2.26. The number of fused-ring (bicyclic) bond motifs is 1. The molecule has 0 radical (unpaired) electrons. The minimum atomic E-state index is -4.24. The highest BCUT2D eigenvalue weighted by Gasteiger charge is 2.29. The van der Waals surface area contributed by atoms with Crippen molar-refractivity contribution in [2.75, 3.05) is 18.0 Å². The van der Waals surface area contributed by atoms with Crippen LogP contribution in [0, 0.1) is 5.82 Å². The van der Waals surface area contributed by atoms with Crippen LogP contribution in [0.25, 0.3) is 10.2 Å². The summed E-state index contributed by atoms with van der Waals surface area (Å²) in [6.45, 7) is 2.14. The Morgan fingerprint density at radius 2 is 2.00 bits per heavy atom. The molecule has 30 heavy (non-hydrogen) atoms. The summed E-state index contributed by atoms with van der Waals surface area (Å²) in [5.74, 6) is 0.463. The molecule has 3 aromatic rings. The largest absolute Gasteiger partial charge is 0.393 e. The fraction of sp³-hybridized carbons (Fsp3) is 0.429. The van der Waals surface area contributed by atoms with Crippen molar-refractivity contribution in [3.8, 4) is 0 Å². The quantitative estimate of drug-likeness (QED) is 0.564. The van der Waals surface area contributed by atoms with Crippen LogP contribution in [0.15, 0.2) is 36.7 Å². The normalized spacial score (nSPS) is 18.0. The molecule has 0 aliphatic carbocycles. The van der Waals surface area contributed by atoms with Gasteiger partial charge in [0.2, 0.25) is 0 Å². The van der Waals surface area contributed by atoms with Gasteiger partial charge in [-0.25, -0.2) is 14.4 Å². The summed E-state index contributed by atoms with van der Waals surface area (Å²) in [6, 6.07) is 8.43. The van der Waals surface area contributed by atoms with E-state index in [2.05, 4.69) is 20.2 Å². The van der Waals surface area contributed by atoms with Gasteiger partial charge in [0, 0.05) is 30.6 Å². The second-order valence-electron chi connectivity index (χ2n) is 7.55. The molecule has 160 valence electrons. The highest BCUT2D eigenvalue weighted by Crippen LogP contribution is 2.34. The highest BCUT2D eigenvalue weighted by atomic mass is 32.1. The number of nitrogens with one attached hydrogen (secondary N) is 1. The lowest BCUT2D eigenvalue weighted by molar-refractivity contribution is -0.126. The summed E-state index contributed by atoms with van der Waals surface area (Å²) >= 11 is 1.07. The second kappa shape index (κ2) is 8.85. The number of thiophene rings is 1. The van der Waals surface area contributed by atoms with Gasteiger partial charge >= 0.3 is 6.18 Å². The highest BCUT2D eigenvalue weighted by molar-refractivity contribution is 7.18. The lowest BCUT2D eigenvalue weighted by Crippen LogP contribution is -2.31. The number of hydrogen-bond donors (Lipinski definition) is 1. The first-order chi connectivity index (χ1) is 14.4. The average Bonchev–Trinajstić information content (AvgIpc) is 2.93. The van der Waals surface area contributed by atoms with Crippen LogP contribution >= 0.6 is 11.3 Å². The molecule has 1 N–H and O–H groups in total. The van der Waals surface area contributed by atoms with Gasteiger partial charge in [-0.05, 0) is 43.0 Å². The number of halogens is 4. The summed E-state index contributed by atoms with van der Waals surface area (Å²) in [5.41, 5.74) is 0.907. The van der Waals surface area contributed by atoms with Gasteiger partial charge in [-0.2, -0.15) is 13.2 Å². The van der Waals surface area contributed by atoms with E-state index < -0.39 is 12.6 Å². The summed E-state index contributed by atoms with van der Waals surface area (Å²) in [4.78, 5) is 11.5. The molecule has 1 aliphatic rings. The van der Waals surface area contributed by atoms with E-state index in [0.717, 1.165) is 49.3 Å². The van der Waals surface area contributed by atoms with Crippen LogP contribution in [0.5, 0.6) is 0 Å². The maximum absolute atomic E-state index is 13.3. The van der Waals surface area contributed by atoms with E-state index in [4.69, 9.17) is 0 Å². The van der Waals surface area contributed by atoms with Gasteiger partial charge in [0.15, 0.2) is 0 Å². The third-order valence-corrected chi connectivity index (χ3v) is 6.29. The molecule has 1 atom stereocenters. The zero-order chi connectivity index (χ0) is 21.1. The predicted octanol–water partition coefficient (Wildman–Crippen LogP) is 5.08. The van der Waals surface area contributed by atoms with E-state index in [9.17, 15) is 17.6 Å². The number of hydrogen-bond acceptors (Lipinski definition) is 5. The first-order valence-electron chi connectivity index (χ1n) is 9.90. The van der Waals surface area contributed by atoms with Crippen LogP contribution in [0.1, 0.15) is 29.7 Å². The third-order valence-electron chi connectivity index (χ3n) is 5.25. The van der Waals surface area contributed by atoms with Crippen molar-refractivity contribution in [2.45, 2.75) is 44.4 Å². The first kappa shape index (κ1) is 21.0. The molecular formula is C21H22F4N4S. The molecule has 2 aromatic heterocycles. The molecule has 3 heterocycles. The Balaban J connectivity index is 1.43. The zero-order valence-electron chi connectivity index (χ0n) is 16.3. The maximum Gasteiger partial charge on any atom is 0.393 e. The molecule has 9 heteroatoms. The molecule has 1 fully saturated rings. The summed E-state index contributed by atoms with van der Waals surface area (Å²) in [5, 5.41) is 4.18. The Morgan fingerprint density at radius 1 is 1.13 bits per heavy atom. The molecule has 1 saturated heterocycles. The fourth-order valence-electron chi connectivity index (χ4n) is 3.85. The van der Waals surface area contributed by atoms with E-state index >= 15 is 0 Å². The Morgan fingerprint density at radius 3 is 2.80 bits per heavy atom. The minimum absolute atomic E-state index is 0.241. The Bertz CT molecular complexity index is 1000. The van der Waals surface area contributed by atoms with Crippen molar-refractivity contribution < 1.29 is 17.6 Å². The van der Waals surface area contributed by atoms with Gasteiger partial charge in [-0.15, -0.1) is 11.3 Å². The molecule has 1 unspecified atom stereocenters. The fourth-order valence-corrected chi connectivity index (χ4v) is 4.87. The Kier molecular flexibility index (Phi) is 6.19. The number of aromatic nitrogens is 2. The second-order valence-corrected chi connectivity index (χ2v) is 8.66. The van der Waals surface area contributed by atoms with E-state index in [1.54, 1.807) is 12.1 Å². The van der Waals surface area contributed by atoms with E-state index in [0.29, 0.717) is 28.6 Å². The number of anilines is 1. The van der Waals surface area contributed by atoms with Crippen molar-refractivity contribution in [1.82, 2.24) is 15.3 Å². The van der Waals surface area contributed by atoms with Crippen LogP contribution in [0.2, 0.25) is 0 Å². The van der Waals surface area contributed by atoms with Crippen molar-refractivity contribution in [2.24, 2.45) is 0 Å². The molecule has 0 amide bonds. The lowest BCUT2D eigenvalue weighted by atomic mass is 10.1. The molecule has 1 aromatic carbocycles. The third kappa shape index (κ3) is 5.26. The van der Waals surface area contributed by atoms with Gasteiger partial charge in [-0.3, -0.25) is 0 Å². The SMILES string of the molecule is Fc1cccc(CNC2CCCN(c3ncnc4sc(CC(F)(F)F)cc34)CC2)c1. The number of nitrogens with zero attached hydrogens (tertiary/aromatic N) is 3. The molecule has 0 saturated carbocycles. The molecule has 0 spiro atoms. The topological polar surface area (TPSA) is 41.0 Å².